The molecule has 3 rings (SSSR count). The molecule has 0 aliphatic carbocycles. The molecule has 2 aromatic carbocycles. The lowest BCUT2D eigenvalue weighted by atomic mass is 10.1. The highest BCUT2D eigenvalue weighted by molar-refractivity contribution is 6.03. The maximum absolute atomic E-state index is 12.4. The normalized spacial score (nSPS) is 10.6. The van der Waals surface area contributed by atoms with E-state index in [9.17, 15) is 4.79 Å². The van der Waals surface area contributed by atoms with Gasteiger partial charge in [-0.2, -0.15) is 9.90 Å². The first-order valence-electron chi connectivity index (χ1n) is 7.42. The largest absolute Gasteiger partial charge is 0.321 e. The van der Waals surface area contributed by atoms with Crippen LogP contribution < -0.4 is 5.32 Å². The van der Waals surface area contributed by atoms with Crippen molar-refractivity contribution in [2.75, 3.05) is 5.32 Å². The third-order valence-corrected chi connectivity index (χ3v) is 3.75. The summed E-state index contributed by atoms with van der Waals surface area (Å²) in [5, 5.41) is 11.5. The summed E-state index contributed by atoms with van der Waals surface area (Å²) in [6.07, 6.45) is 0. The van der Waals surface area contributed by atoms with Gasteiger partial charge in [0.2, 0.25) is 0 Å². The molecule has 116 valence electrons. The van der Waals surface area contributed by atoms with Crippen molar-refractivity contribution < 1.29 is 4.79 Å². The van der Waals surface area contributed by atoms with Crippen LogP contribution >= 0.6 is 0 Å². The van der Waals surface area contributed by atoms with Crippen molar-refractivity contribution in [3.05, 3.63) is 71.0 Å². The molecule has 0 radical (unpaired) electrons. The molecule has 5 nitrogen and oxygen atoms in total. The number of hydrogen-bond acceptors (Lipinski definition) is 3. The molecule has 1 N–H and O–H groups in total. The van der Waals surface area contributed by atoms with Crippen molar-refractivity contribution in [1.29, 1.82) is 0 Å². The molecule has 1 amide bonds. The maximum Gasteiger partial charge on any atom is 0.278 e. The first kappa shape index (κ1) is 15.0. The van der Waals surface area contributed by atoms with Crippen LogP contribution in [0.3, 0.4) is 0 Å². The lowest BCUT2D eigenvalue weighted by Gasteiger charge is -2.06. The van der Waals surface area contributed by atoms with Crippen molar-refractivity contribution in [3.8, 4) is 5.69 Å². The molecule has 0 saturated heterocycles. The molecule has 0 unspecified atom stereocenters. The lowest BCUT2D eigenvalue weighted by molar-refractivity contribution is 0.102. The average molecular weight is 306 g/mol. The molecule has 1 aromatic heterocycles. The Morgan fingerprint density at radius 3 is 2.39 bits per heavy atom. The SMILES string of the molecule is Cc1ccc(NC(=O)c2nn(-c3ccccc3)nc2C)cc1C. The van der Waals surface area contributed by atoms with E-state index >= 15 is 0 Å². The Hall–Kier alpha value is -2.95. The summed E-state index contributed by atoms with van der Waals surface area (Å²) in [7, 11) is 0. The average Bonchev–Trinajstić information content (AvgIpc) is 2.94. The van der Waals surface area contributed by atoms with E-state index in [1.165, 1.54) is 10.4 Å². The van der Waals surface area contributed by atoms with Crippen LogP contribution in [0.5, 0.6) is 0 Å². The Labute approximate surface area is 135 Å². The number of carbonyl (C=O) groups is 1. The second-order valence-electron chi connectivity index (χ2n) is 5.51. The first-order valence-corrected chi connectivity index (χ1v) is 7.42. The van der Waals surface area contributed by atoms with Crippen molar-refractivity contribution in [3.63, 3.8) is 0 Å². The van der Waals surface area contributed by atoms with Gasteiger partial charge < -0.3 is 5.32 Å². The molecule has 3 aromatic rings. The topological polar surface area (TPSA) is 59.8 Å². The molecule has 0 aliphatic heterocycles. The molecule has 23 heavy (non-hydrogen) atoms. The molecule has 0 aliphatic rings. The summed E-state index contributed by atoms with van der Waals surface area (Å²) >= 11 is 0. The number of rotatable bonds is 3. The van der Waals surface area contributed by atoms with Gasteiger partial charge in [0.1, 0.15) is 0 Å². The van der Waals surface area contributed by atoms with Crippen LogP contribution in [0.1, 0.15) is 27.3 Å². The summed E-state index contributed by atoms with van der Waals surface area (Å²) in [5.74, 6) is -0.257. The minimum Gasteiger partial charge on any atom is -0.321 e. The van der Waals surface area contributed by atoms with E-state index in [-0.39, 0.29) is 5.91 Å². The van der Waals surface area contributed by atoms with Gasteiger partial charge in [0.15, 0.2) is 5.69 Å². The third-order valence-electron chi connectivity index (χ3n) is 3.75. The quantitative estimate of drug-likeness (QED) is 0.806. The van der Waals surface area contributed by atoms with Crippen molar-refractivity contribution in [1.82, 2.24) is 15.0 Å². The molecule has 0 atom stereocenters. The molecule has 0 spiro atoms. The van der Waals surface area contributed by atoms with E-state index in [1.54, 1.807) is 6.92 Å². The number of nitrogens with zero attached hydrogens (tertiary/aromatic N) is 3. The smallest absolute Gasteiger partial charge is 0.278 e. The summed E-state index contributed by atoms with van der Waals surface area (Å²) in [4.78, 5) is 13.9. The molecule has 0 fully saturated rings. The summed E-state index contributed by atoms with van der Waals surface area (Å²) in [5.41, 5.74) is 4.82. The highest BCUT2D eigenvalue weighted by atomic mass is 16.2. The van der Waals surface area contributed by atoms with E-state index in [4.69, 9.17) is 0 Å². The number of aryl methyl sites for hydroxylation is 3. The zero-order chi connectivity index (χ0) is 16.4. The first-order chi connectivity index (χ1) is 11.0. The van der Waals surface area contributed by atoms with Crippen LogP contribution in [0.2, 0.25) is 0 Å². The number of hydrogen-bond donors (Lipinski definition) is 1. The fraction of sp³-hybridized carbons (Fsp3) is 0.167. The maximum atomic E-state index is 12.4. The van der Waals surface area contributed by atoms with Crippen LogP contribution in [0.25, 0.3) is 5.69 Å². The van der Waals surface area contributed by atoms with Crippen molar-refractivity contribution in [2.24, 2.45) is 0 Å². The predicted molar refractivity (Wildman–Crippen MR) is 90.0 cm³/mol. The molecule has 5 heteroatoms. The van der Waals surface area contributed by atoms with Gasteiger partial charge in [-0.1, -0.05) is 24.3 Å². The fourth-order valence-corrected chi connectivity index (χ4v) is 2.27. The van der Waals surface area contributed by atoms with E-state index in [0.717, 1.165) is 16.9 Å². The number of aromatic nitrogens is 3. The van der Waals surface area contributed by atoms with Crippen LogP contribution in [0.4, 0.5) is 5.69 Å². The minimum absolute atomic E-state index is 0.257. The van der Waals surface area contributed by atoms with Crippen molar-refractivity contribution >= 4 is 11.6 Å². The summed E-state index contributed by atoms with van der Waals surface area (Å²) in [6.45, 7) is 5.83. The number of carbonyl (C=O) groups excluding carboxylic acids is 1. The van der Waals surface area contributed by atoms with Gasteiger partial charge in [0, 0.05) is 5.69 Å². The fourth-order valence-electron chi connectivity index (χ4n) is 2.27. The summed E-state index contributed by atoms with van der Waals surface area (Å²) < 4.78 is 0. The van der Waals surface area contributed by atoms with Crippen molar-refractivity contribution in [2.45, 2.75) is 20.8 Å². The van der Waals surface area contributed by atoms with Gasteiger partial charge >= 0.3 is 0 Å². The Kier molecular flexibility index (Phi) is 3.93. The van der Waals surface area contributed by atoms with Crippen LogP contribution in [0.15, 0.2) is 48.5 Å². The lowest BCUT2D eigenvalue weighted by Crippen LogP contribution is -2.14. The molecular weight excluding hydrogens is 288 g/mol. The van der Waals surface area contributed by atoms with E-state index in [2.05, 4.69) is 15.5 Å². The molecule has 1 heterocycles. The highest BCUT2D eigenvalue weighted by Gasteiger charge is 2.16. The number of amides is 1. The Balaban J connectivity index is 1.85. The second kappa shape index (κ2) is 6.04. The predicted octanol–water partition coefficient (Wildman–Crippen LogP) is 3.44. The van der Waals surface area contributed by atoms with Gasteiger partial charge in [0.05, 0.1) is 11.4 Å². The molecule has 0 saturated carbocycles. The zero-order valence-corrected chi connectivity index (χ0v) is 13.4. The van der Waals surface area contributed by atoms with E-state index in [1.807, 2.05) is 62.4 Å². The van der Waals surface area contributed by atoms with Gasteiger partial charge in [0.25, 0.3) is 5.91 Å². The number of benzene rings is 2. The molecular formula is C18H18N4O. The van der Waals surface area contributed by atoms with E-state index in [0.29, 0.717) is 11.4 Å². The third kappa shape index (κ3) is 3.13. The standard InChI is InChI=1S/C18H18N4O/c1-12-9-10-15(11-13(12)2)19-18(23)17-14(3)20-22(21-17)16-7-5-4-6-8-16/h4-11H,1-3H3,(H,19,23). The Bertz CT molecular complexity index is 853. The zero-order valence-electron chi connectivity index (χ0n) is 13.4. The van der Waals surface area contributed by atoms with E-state index < -0.39 is 0 Å². The Morgan fingerprint density at radius 1 is 0.957 bits per heavy atom. The van der Waals surface area contributed by atoms with Gasteiger partial charge in [-0.15, -0.1) is 5.10 Å². The van der Waals surface area contributed by atoms with Gasteiger partial charge in [-0.05, 0) is 56.2 Å². The van der Waals surface area contributed by atoms with Crippen LogP contribution in [-0.4, -0.2) is 20.9 Å². The Morgan fingerprint density at radius 2 is 1.70 bits per heavy atom. The van der Waals surface area contributed by atoms with Gasteiger partial charge in [-0.3, -0.25) is 4.79 Å². The number of nitrogens with one attached hydrogen (secondary N) is 1. The van der Waals surface area contributed by atoms with Crippen LogP contribution in [-0.2, 0) is 0 Å². The molecule has 0 bridgehead atoms. The number of anilines is 1. The van der Waals surface area contributed by atoms with Crippen LogP contribution in [0, 0.1) is 20.8 Å². The van der Waals surface area contributed by atoms with Gasteiger partial charge in [-0.25, -0.2) is 0 Å². The summed E-state index contributed by atoms with van der Waals surface area (Å²) in [6, 6.07) is 15.3. The monoisotopic (exact) mass is 306 g/mol. The number of para-hydroxylation sites is 1. The highest BCUT2D eigenvalue weighted by Crippen LogP contribution is 2.16. The second-order valence-corrected chi connectivity index (χ2v) is 5.51. The minimum atomic E-state index is -0.257.